The number of benzene rings is 1. The first-order valence-corrected chi connectivity index (χ1v) is 8.10. The van der Waals surface area contributed by atoms with E-state index >= 15 is 0 Å². The van der Waals surface area contributed by atoms with E-state index in [2.05, 4.69) is 9.82 Å². The fourth-order valence-electron chi connectivity index (χ4n) is 1.79. The summed E-state index contributed by atoms with van der Waals surface area (Å²) in [5, 5.41) is 13.2. The van der Waals surface area contributed by atoms with Gasteiger partial charge in [0, 0.05) is 12.2 Å². The second-order valence-electron chi connectivity index (χ2n) is 4.92. The van der Waals surface area contributed by atoms with Crippen LogP contribution < -0.4 is 4.72 Å². The third-order valence-corrected chi connectivity index (χ3v) is 4.05. The van der Waals surface area contributed by atoms with Gasteiger partial charge in [-0.1, -0.05) is 30.3 Å². The Balaban J connectivity index is 2.23. The van der Waals surface area contributed by atoms with Crippen molar-refractivity contribution in [2.45, 2.75) is 25.6 Å². The first kappa shape index (κ1) is 15.1. The van der Waals surface area contributed by atoms with E-state index in [0.717, 1.165) is 0 Å². The van der Waals surface area contributed by atoms with Gasteiger partial charge in [0.05, 0.1) is 5.75 Å². The first-order chi connectivity index (χ1) is 9.91. The van der Waals surface area contributed by atoms with Crippen LogP contribution in [0.5, 0.6) is 0 Å². The Hall–Kier alpha value is -2.33. The van der Waals surface area contributed by atoms with Crippen molar-refractivity contribution in [2.24, 2.45) is 0 Å². The van der Waals surface area contributed by atoms with Gasteiger partial charge in [0.1, 0.15) is 11.6 Å². The topological polar surface area (TPSA) is 87.8 Å². The van der Waals surface area contributed by atoms with Crippen molar-refractivity contribution in [1.82, 2.24) is 9.78 Å². The lowest BCUT2D eigenvalue weighted by atomic mass is 10.2. The highest BCUT2D eigenvalue weighted by Gasteiger charge is 2.17. The van der Waals surface area contributed by atoms with E-state index in [1.54, 1.807) is 28.9 Å². The molecule has 0 saturated heterocycles. The molecule has 0 atom stereocenters. The average Bonchev–Trinajstić information content (AvgIpc) is 2.81. The second kappa shape index (κ2) is 5.97. The molecule has 0 spiro atoms. The van der Waals surface area contributed by atoms with Crippen LogP contribution in [0.3, 0.4) is 0 Å². The molecule has 0 aliphatic heterocycles. The Morgan fingerprint density at radius 3 is 2.57 bits per heavy atom. The number of hydrogen-bond acceptors (Lipinski definition) is 4. The zero-order chi connectivity index (χ0) is 15.5. The molecule has 1 N–H and O–H groups in total. The fourth-order valence-corrected chi connectivity index (χ4v) is 2.94. The molecule has 1 aromatic carbocycles. The molecule has 7 heteroatoms. The molecule has 0 amide bonds. The van der Waals surface area contributed by atoms with Crippen LogP contribution in [-0.2, 0) is 15.8 Å². The predicted molar refractivity (Wildman–Crippen MR) is 80.0 cm³/mol. The van der Waals surface area contributed by atoms with Crippen LogP contribution in [0.1, 0.15) is 31.0 Å². The van der Waals surface area contributed by atoms with Crippen LogP contribution in [0.15, 0.2) is 36.5 Å². The van der Waals surface area contributed by atoms with Gasteiger partial charge in [-0.05, 0) is 19.4 Å². The van der Waals surface area contributed by atoms with Crippen molar-refractivity contribution in [2.75, 3.05) is 4.72 Å². The van der Waals surface area contributed by atoms with Crippen LogP contribution in [0.4, 0.5) is 5.82 Å². The summed E-state index contributed by atoms with van der Waals surface area (Å²) in [6, 6.07) is 10.8. The van der Waals surface area contributed by atoms with Crippen LogP contribution in [0.25, 0.3) is 0 Å². The molecule has 0 fully saturated rings. The zero-order valence-electron chi connectivity index (χ0n) is 11.8. The molecule has 6 nitrogen and oxygen atoms in total. The fraction of sp³-hybridized carbons (Fsp3) is 0.286. The van der Waals surface area contributed by atoms with Gasteiger partial charge in [0.15, 0.2) is 5.82 Å². The molecule has 1 heterocycles. The number of aromatic nitrogens is 2. The number of rotatable bonds is 5. The largest absolute Gasteiger partial charge is 0.267 e. The van der Waals surface area contributed by atoms with Gasteiger partial charge >= 0.3 is 0 Å². The van der Waals surface area contributed by atoms with Crippen molar-refractivity contribution >= 4 is 15.8 Å². The molecular formula is C14H16N4O2S. The third-order valence-electron chi connectivity index (χ3n) is 2.83. The third kappa shape index (κ3) is 3.83. The molecular weight excluding hydrogens is 288 g/mol. The summed E-state index contributed by atoms with van der Waals surface area (Å²) < 4.78 is 28.2. The van der Waals surface area contributed by atoms with Gasteiger partial charge < -0.3 is 0 Å². The molecule has 0 unspecified atom stereocenters. The smallest absolute Gasteiger partial charge is 0.238 e. The highest BCUT2D eigenvalue weighted by Crippen LogP contribution is 2.18. The van der Waals surface area contributed by atoms with Crippen molar-refractivity contribution < 1.29 is 8.42 Å². The lowest BCUT2D eigenvalue weighted by Gasteiger charge is -2.06. The Morgan fingerprint density at radius 2 is 2.00 bits per heavy atom. The SMILES string of the molecule is CC(C)n1cc(C#N)c(NS(=O)(=O)Cc2ccccc2)n1. The quantitative estimate of drug-likeness (QED) is 0.918. The van der Waals surface area contributed by atoms with Gasteiger partial charge in [-0.2, -0.15) is 10.4 Å². The predicted octanol–water partition coefficient (Wildman–Crippen LogP) is 2.28. The van der Waals surface area contributed by atoms with E-state index in [1.807, 2.05) is 26.0 Å². The van der Waals surface area contributed by atoms with Crippen molar-refractivity contribution in [3.8, 4) is 6.07 Å². The number of nitrogens with zero attached hydrogens (tertiary/aromatic N) is 3. The summed E-state index contributed by atoms with van der Waals surface area (Å²) in [6.45, 7) is 3.80. The summed E-state index contributed by atoms with van der Waals surface area (Å²) in [5.74, 6) is -0.0881. The molecule has 0 bridgehead atoms. The molecule has 0 saturated carbocycles. The monoisotopic (exact) mass is 304 g/mol. The van der Waals surface area contributed by atoms with E-state index in [-0.39, 0.29) is 23.2 Å². The maximum Gasteiger partial charge on any atom is 0.238 e. The number of nitriles is 1. The molecule has 0 aliphatic carbocycles. The second-order valence-corrected chi connectivity index (χ2v) is 6.65. The lowest BCUT2D eigenvalue weighted by Crippen LogP contribution is -2.16. The summed E-state index contributed by atoms with van der Waals surface area (Å²) >= 11 is 0. The van der Waals surface area contributed by atoms with E-state index in [1.165, 1.54) is 6.20 Å². The molecule has 0 radical (unpaired) electrons. The Bertz CT molecular complexity index is 758. The normalized spacial score (nSPS) is 11.3. The summed E-state index contributed by atoms with van der Waals surface area (Å²) in [4.78, 5) is 0. The Labute approximate surface area is 124 Å². The van der Waals surface area contributed by atoms with Gasteiger partial charge in [-0.3, -0.25) is 9.40 Å². The van der Waals surface area contributed by atoms with Crippen LogP contribution in [0.2, 0.25) is 0 Å². The van der Waals surface area contributed by atoms with Crippen LogP contribution in [-0.4, -0.2) is 18.2 Å². The minimum Gasteiger partial charge on any atom is -0.267 e. The number of anilines is 1. The maximum absolute atomic E-state index is 12.1. The molecule has 2 aromatic rings. The van der Waals surface area contributed by atoms with Crippen molar-refractivity contribution in [3.05, 3.63) is 47.7 Å². The minimum absolute atomic E-state index is 0.0458. The van der Waals surface area contributed by atoms with Gasteiger partial charge in [-0.25, -0.2) is 8.42 Å². The number of hydrogen-bond donors (Lipinski definition) is 1. The highest BCUT2D eigenvalue weighted by atomic mass is 32.2. The summed E-state index contributed by atoms with van der Waals surface area (Å²) in [5.41, 5.74) is 0.882. The van der Waals surface area contributed by atoms with E-state index in [0.29, 0.717) is 5.56 Å². The summed E-state index contributed by atoms with van der Waals surface area (Å²) in [6.07, 6.45) is 1.53. The van der Waals surface area contributed by atoms with E-state index in [4.69, 9.17) is 5.26 Å². The summed E-state index contributed by atoms with van der Waals surface area (Å²) in [7, 11) is -3.61. The van der Waals surface area contributed by atoms with Crippen LogP contribution in [0, 0.1) is 11.3 Å². The Morgan fingerprint density at radius 1 is 1.33 bits per heavy atom. The van der Waals surface area contributed by atoms with Crippen LogP contribution >= 0.6 is 0 Å². The minimum atomic E-state index is -3.61. The van der Waals surface area contributed by atoms with Gasteiger partial charge in [-0.15, -0.1) is 0 Å². The Kier molecular flexibility index (Phi) is 4.29. The number of nitrogens with one attached hydrogen (secondary N) is 1. The standard InChI is InChI=1S/C14H16N4O2S/c1-11(2)18-9-13(8-15)14(16-18)17-21(19,20)10-12-6-4-3-5-7-12/h3-7,9,11H,10H2,1-2H3,(H,16,17). The average molecular weight is 304 g/mol. The van der Waals surface area contributed by atoms with Crippen molar-refractivity contribution in [1.29, 1.82) is 5.26 Å². The van der Waals surface area contributed by atoms with Crippen molar-refractivity contribution in [3.63, 3.8) is 0 Å². The number of sulfonamides is 1. The molecule has 1 aromatic heterocycles. The van der Waals surface area contributed by atoms with E-state index < -0.39 is 10.0 Å². The molecule has 21 heavy (non-hydrogen) atoms. The lowest BCUT2D eigenvalue weighted by molar-refractivity contribution is 0.534. The first-order valence-electron chi connectivity index (χ1n) is 6.45. The van der Waals surface area contributed by atoms with E-state index in [9.17, 15) is 8.42 Å². The maximum atomic E-state index is 12.1. The zero-order valence-corrected chi connectivity index (χ0v) is 12.6. The molecule has 0 aliphatic rings. The van der Waals surface area contributed by atoms with Gasteiger partial charge in [0.25, 0.3) is 0 Å². The highest BCUT2D eigenvalue weighted by molar-refractivity contribution is 7.91. The van der Waals surface area contributed by atoms with Gasteiger partial charge in [0.2, 0.25) is 10.0 Å². The molecule has 2 rings (SSSR count). The molecule has 110 valence electrons.